The van der Waals surface area contributed by atoms with E-state index in [0.717, 1.165) is 39.3 Å². The molecule has 2 aromatic rings. The number of benzene rings is 2. The molecule has 4 heteroatoms. The summed E-state index contributed by atoms with van der Waals surface area (Å²) in [4.78, 5) is 12.6. The van der Waals surface area contributed by atoms with E-state index in [-0.39, 0.29) is 5.91 Å². The van der Waals surface area contributed by atoms with Crippen LogP contribution in [0.1, 0.15) is 67.3 Å². The van der Waals surface area contributed by atoms with Crippen LogP contribution in [0.15, 0.2) is 24.3 Å². The maximum Gasteiger partial charge on any atom is 0.256 e. The molecule has 1 aliphatic heterocycles. The predicted molar refractivity (Wildman–Crippen MR) is 114 cm³/mol. The Morgan fingerprint density at radius 2 is 1.67 bits per heavy atom. The molecule has 0 aromatic heterocycles. The third-order valence-electron chi connectivity index (χ3n) is 5.09. The number of hydrogen-bond acceptors (Lipinski definition) is 2. The number of carbonyl (C=O) groups excluding carboxylic acids is 1. The van der Waals surface area contributed by atoms with Gasteiger partial charge in [0.15, 0.2) is 0 Å². The van der Waals surface area contributed by atoms with Gasteiger partial charge in [0.1, 0.15) is 5.75 Å². The minimum Gasteiger partial charge on any atom is -0.496 e. The van der Waals surface area contributed by atoms with Gasteiger partial charge < -0.3 is 10.1 Å². The fraction of sp³-hybridized carbons (Fsp3) is 0.348. The first kappa shape index (κ1) is 19.5. The minimum absolute atomic E-state index is 0.0941. The third-order valence-corrected chi connectivity index (χ3v) is 5.50. The molecule has 2 aromatic carbocycles. The topological polar surface area (TPSA) is 38.3 Å². The summed E-state index contributed by atoms with van der Waals surface area (Å²) in [6.07, 6.45) is 1.96. The first-order chi connectivity index (χ1) is 12.7. The van der Waals surface area contributed by atoms with Gasteiger partial charge in [-0.1, -0.05) is 39.3 Å². The lowest BCUT2D eigenvalue weighted by Gasteiger charge is -2.19. The molecular weight excluding hydrogens is 358 g/mol. The Labute approximate surface area is 166 Å². The van der Waals surface area contributed by atoms with Crippen LogP contribution in [0.2, 0.25) is 5.02 Å². The number of fused-ring (bicyclic) bond motifs is 1. The number of hydrogen-bond donors (Lipinski definition) is 1. The van der Waals surface area contributed by atoms with E-state index in [9.17, 15) is 4.79 Å². The highest BCUT2D eigenvalue weighted by molar-refractivity contribution is 6.37. The highest BCUT2D eigenvalue weighted by Crippen LogP contribution is 2.40. The first-order valence-corrected chi connectivity index (χ1v) is 9.66. The molecule has 27 heavy (non-hydrogen) atoms. The third kappa shape index (κ3) is 3.49. The molecule has 1 N–H and O–H groups in total. The molecule has 0 bridgehead atoms. The van der Waals surface area contributed by atoms with E-state index >= 15 is 0 Å². The van der Waals surface area contributed by atoms with Crippen LogP contribution in [-0.4, -0.2) is 13.0 Å². The van der Waals surface area contributed by atoms with Crippen LogP contribution in [0.5, 0.6) is 5.75 Å². The lowest BCUT2D eigenvalue weighted by Crippen LogP contribution is -2.04. The largest absolute Gasteiger partial charge is 0.496 e. The summed E-state index contributed by atoms with van der Waals surface area (Å²) < 4.78 is 5.72. The molecule has 0 unspecified atom stereocenters. The molecule has 0 radical (unpaired) electrons. The molecule has 0 aliphatic carbocycles. The van der Waals surface area contributed by atoms with Crippen LogP contribution in [-0.2, 0) is 4.79 Å². The Kier molecular flexibility index (Phi) is 5.34. The lowest BCUT2D eigenvalue weighted by atomic mass is 9.90. The van der Waals surface area contributed by atoms with Crippen molar-refractivity contribution in [2.24, 2.45) is 0 Å². The van der Waals surface area contributed by atoms with Crippen LogP contribution >= 0.6 is 11.6 Å². The van der Waals surface area contributed by atoms with Gasteiger partial charge in [0, 0.05) is 21.8 Å². The minimum atomic E-state index is -0.0941. The number of amides is 1. The standard InChI is InChI=1S/C23H26ClNO2/c1-12(2)16-9-15(10-17(13(3)4)22(16)27-6)11-18-21-14(5)19(24)7-8-20(21)25-23(18)26/h7-13H,1-6H3,(H,25,26). The highest BCUT2D eigenvalue weighted by Gasteiger charge is 2.27. The van der Waals surface area contributed by atoms with Crippen molar-refractivity contribution in [1.82, 2.24) is 0 Å². The summed E-state index contributed by atoms with van der Waals surface area (Å²) in [6.45, 7) is 10.6. The molecule has 1 amide bonds. The zero-order valence-electron chi connectivity index (χ0n) is 16.7. The number of carbonyl (C=O) groups is 1. The van der Waals surface area contributed by atoms with Gasteiger partial charge >= 0.3 is 0 Å². The monoisotopic (exact) mass is 383 g/mol. The molecule has 0 atom stereocenters. The van der Waals surface area contributed by atoms with Crippen molar-refractivity contribution < 1.29 is 9.53 Å². The Morgan fingerprint density at radius 1 is 1.07 bits per heavy atom. The average Bonchev–Trinajstić information content (AvgIpc) is 2.93. The Balaban J connectivity index is 2.22. The van der Waals surface area contributed by atoms with Crippen molar-refractivity contribution >= 4 is 34.8 Å². The van der Waals surface area contributed by atoms with E-state index in [4.69, 9.17) is 16.3 Å². The molecular formula is C23H26ClNO2. The van der Waals surface area contributed by atoms with E-state index in [1.165, 1.54) is 0 Å². The maximum atomic E-state index is 12.6. The van der Waals surface area contributed by atoms with Crippen molar-refractivity contribution in [3.05, 3.63) is 57.1 Å². The summed E-state index contributed by atoms with van der Waals surface area (Å²) in [6, 6.07) is 7.91. The quantitative estimate of drug-likeness (QED) is 0.620. The number of nitrogens with one attached hydrogen (secondary N) is 1. The van der Waals surface area contributed by atoms with Gasteiger partial charge in [-0.15, -0.1) is 0 Å². The van der Waals surface area contributed by atoms with E-state index < -0.39 is 0 Å². The molecule has 0 saturated carbocycles. The van der Waals surface area contributed by atoms with E-state index in [1.54, 1.807) is 7.11 Å². The van der Waals surface area contributed by atoms with Crippen LogP contribution in [0, 0.1) is 6.92 Å². The zero-order valence-corrected chi connectivity index (χ0v) is 17.5. The van der Waals surface area contributed by atoms with Crippen molar-refractivity contribution in [1.29, 1.82) is 0 Å². The van der Waals surface area contributed by atoms with E-state index in [2.05, 4.69) is 45.1 Å². The predicted octanol–water partition coefficient (Wildman–Crippen LogP) is 6.40. The number of anilines is 1. The van der Waals surface area contributed by atoms with Crippen LogP contribution < -0.4 is 10.1 Å². The second-order valence-corrected chi connectivity index (χ2v) is 8.06. The zero-order chi connectivity index (χ0) is 19.9. The maximum absolute atomic E-state index is 12.6. The molecule has 1 aliphatic rings. The van der Waals surface area contributed by atoms with Gasteiger partial charge in [0.25, 0.3) is 5.91 Å². The summed E-state index contributed by atoms with van der Waals surface area (Å²) in [5, 5.41) is 3.61. The molecule has 0 saturated heterocycles. The van der Waals surface area contributed by atoms with Gasteiger partial charge in [-0.25, -0.2) is 0 Å². The molecule has 3 rings (SSSR count). The van der Waals surface area contributed by atoms with Gasteiger partial charge in [0.2, 0.25) is 0 Å². The van der Waals surface area contributed by atoms with Crippen molar-refractivity contribution in [2.45, 2.75) is 46.5 Å². The van der Waals surface area contributed by atoms with Gasteiger partial charge in [-0.3, -0.25) is 4.79 Å². The second kappa shape index (κ2) is 7.40. The molecule has 0 fully saturated rings. The molecule has 1 heterocycles. The highest BCUT2D eigenvalue weighted by atomic mass is 35.5. The fourth-order valence-corrected chi connectivity index (χ4v) is 3.78. The van der Waals surface area contributed by atoms with Crippen LogP contribution in [0.3, 0.4) is 0 Å². The normalized spacial score (nSPS) is 14.9. The van der Waals surface area contributed by atoms with Crippen molar-refractivity contribution in [2.75, 3.05) is 12.4 Å². The number of methoxy groups -OCH3 is 1. The number of halogens is 1. The number of rotatable bonds is 4. The summed E-state index contributed by atoms with van der Waals surface area (Å²) in [7, 11) is 1.72. The fourth-order valence-electron chi connectivity index (χ4n) is 3.62. The van der Waals surface area contributed by atoms with Gasteiger partial charge in [-0.05, 0) is 71.4 Å². The van der Waals surface area contributed by atoms with E-state index in [0.29, 0.717) is 22.4 Å². The van der Waals surface area contributed by atoms with Gasteiger partial charge in [0.05, 0.1) is 7.11 Å². The Bertz CT molecular complexity index is 913. The Morgan fingerprint density at radius 3 is 2.19 bits per heavy atom. The average molecular weight is 384 g/mol. The summed E-state index contributed by atoms with van der Waals surface area (Å²) >= 11 is 6.30. The van der Waals surface area contributed by atoms with Gasteiger partial charge in [-0.2, -0.15) is 0 Å². The molecule has 142 valence electrons. The first-order valence-electron chi connectivity index (χ1n) is 9.28. The smallest absolute Gasteiger partial charge is 0.256 e. The SMILES string of the molecule is COc1c(C(C)C)cc(C=C2C(=O)Nc3ccc(Cl)c(C)c32)cc1C(C)C. The Hall–Kier alpha value is -2.26. The van der Waals surface area contributed by atoms with Crippen molar-refractivity contribution in [3.8, 4) is 5.75 Å². The number of ether oxygens (including phenoxy) is 1. The molecule has 3 nitrogen and oxygen atoms in total. The summed E-state index contributed by atoms with van der Waals surface area (Å²) in [5.74, 6) is 1.48. The van der Waals surface area contributed by atoms with Crippen LogP contribution in [0.25, 0.3) is 11.6 Å². The van der Waals surface area contributed by atoms with E-state index in [1.807, 2.05) is 25.1 Å². The second-order valence-electron chi connectivity index (χ2n) is 7.65. The molecule has 0 spiro atoms. The van der Waals surface area contributed by atoms with Crippen molar-refractivity contribution in [3.63, 3.8) is 0 Å². The summed E-state index contributed by atoms with van der Waals surface area (Å²) in [5.41, 5.74) is 6.57. The lowest BCUT2D eigenvalue weighted by molar-refractivity contribution is -0.110. The van der Waals surface area contributed by atoms with Crippen LogP contribution in [0.4, 0.5) is 5.69 Å².